The Kier molecular flexibility index (Phi) is 7.08. The van der Waals surface area contributed by atoms with Gasteiger partial charge in [-0.25, -0.2) is 9.78 Å². The van der Waals surface area contributed by atoms with Crippen molar-refractivity contribution in [1.29, 1.82) is 0 Å². The van der Waals surface area contributed by atoms with Crippen molar-refractivity contribution in [2.24, 2.45) is 10.8 Å². The fraction of sp³-hybridized carbons (Fsp3) is 0.455. The Morgan fingerprint density at radius 2 is 1.51 bits per heavy atom. The predicted octanol–water partition coefficient (Wildman–Crippen LogP) is 6.56. The zero-order valence-corrected chi connectivity index (χ0v) is 24.8. The second-order valence-corrected chi connectivity index (χ2v) is 12.7. The first kappa shape index (κ1) is 28.6. The average Bonchev–Trinajstić information content (AvgIpc) is 2.86. The summed E-state index contributed by atoms with van der Waals surface area (Å²) in [6.07, 6.45) is 1.85. The number of pyridine rings is 1. The Labute approximate surface area is 240 Å². The predicted molar refractivity (Wildman–Crippen MR) is 153 cm³/mol. The molecule has 2 aliphatic carbocycles. The van der Waals surface area contributed by atoms with E-state index in [2.05, 4.69) is 32.7 Å². The molecule has 3 aliphatic rings. The Bertz CT molecular complexity index is 1490. The average molecular weight is 560 g/mol. The molecule has 1 aromatic heterocycles. The summed E-state index contributed by atoms with van der Waals surface area (Å²) in [7, 11) is 1.57. The highest BCUT2D eigenvalue weighted by Gasteiger charge is 2.49. The molecular formula is C33H37NO7. The van der Waals surface area contributed by atoms with Gasteiger partial charge in [0.05, 0.1) is 25.3 Å². The molecule has 41 heavy (non-hydrogen) atoms. The van der Waals surface area contributed by atoms with Crippen LogP contribution in [0.3, 0.4) is 0 Å². The lowest BCUT2D eigenvalue weighted by atomic mass is 9.65. The largest absolute Gasteiger partial charge is 0.496 e. The van der Waals surface area contributed by atoms with Crippen LogP contribution in [0, 0.1) is 17.8 Å². The molecule has 0 fully saturated rings. The molecule has 5 rings (SSSR count). The van der Waals surface area contributed by atoms with Crippen molar-refractivity contribution in [3.05, 3.63) is 63.8 Å². The Balaban J connectivity index is 1.77. The molecule has 8 heteroatoms. The number of hydrogen-bond acceptors (Lipinski definition) is 7. The minimum atomic E-state index is -1.19. The number of ketones is 2. The first-order chi connectivity index (χ1) is 19.3. The molecule has 0 saturated carbocycles. The third-order valence-corrected chi connectivity index (χ3v) is 8.20. The number of carboxylic acid groups (broad SMARTS) is 1. The van der Waals surface area contributed by atoms with Crippen molar-refractivity contribution >= 4 is 17.5 Å². The van der Waals surface area contributed by atoms with E-state index in [9.17, 15) is 19.5 Å². The standard InChI is InChI=1S/C33H37NO7/c1-8-40-23-12-10-19(34-30(23)31(37)38)18-9-11-22(39-7)26(17(18)2)29-27-20(35)13-32(3,4)15-24(27)41-25-16-33(5,6)14-21(36)28(25)29/h9-12,29H,8,13-16H2,1-7H3,(H,37,38). The van der Waals surface area contributed by atoms with Crippen LogP contribution >= 0.6 is 0 Å². The highest BCUT2D eigenvalue weighted by Crippen LogP contribution is 2.55. The summed E-state index contributed by atoms with van der Waals surface area (Å²) >= 11 is 0. The molecule has 0 bridgehead atoms. The minimum Gasteiger partial charge on any atom is -0.496 e. The Hall–Kier alpha value is -3.94. The van der Waals surface area contributed by atoms with Gasteiger partial charge in [-0.1, -0.05) is 27.7 Å². The van der Waals surface area contributed by atoms with E-state index in [1.165, 1.54) is 0 Å². The first-order valence-corrected chi connectivity index (χ1v) is 14.0. The molecule has 8 nitrogen and oxygen atoms in total. The molecule has 0 saturated heterocycles. The van der Waals surface area contributed by atoms with Gasteiger partial charge in [-0.2, -0.15) is 0 Å². The van der Waals surface area contributed by atoms with Gasteiger partial charge in [-0.05, 0) is 54.5 Å². The third-order valence-electron chi connectivity index (χ3n) is 8.20. The molecule has 1 N–H and O–H groups in total. The molecule has 1 aromatic carbocycles. The molecular weight excluding hydrogens is 522 g/mol. The van der Waals surface area contributed by atoms with Crippen LogP contribution in [0.5, 0.6) is 11.5 Å². The number of aromatic nitrogens is 1. The van der Waals surface area contributed by atoms with Crippen molar-refractivity contribution < 1.29 is 33.7 Å². The van der Waals surface area contributed by atoms with E-state index in [-0.39, 0.29) is 33.8 Å². The minimum absolute atomic E-state index is 0.0374. The summed E-state index contributed by atoms with van der Waals surface area (Å²) in [5.74, 6) is 0.0549. The molecule has 0 spiro atoms. The van der Waals surface area contributed by atoms with Crippen LogP contribution in [-0.2, 0) is 14.3 Å². The van der Waals surface area contributed by atoms with Crippen molar-refractivity contribution in [2.75, 3.05) is 13.7 Å². The number of methoxy groups -OCH3 is 1. The lowest BCUT2D eigenvalue weighted by Crippen LogP contribution is -2.38. The van der Waals surface area contributed by atoms with Crippen LogP contribution in [0.2, 0.25) is 0 Å². The summed E-state index contributed by atoms with van der Waals surface area (Å²) in [5, 5.41) is 9.81. The number of rotatable bonds is 6. The summed E-state index contributed by atoms with van der Waals surface area (Å²) in [5.41, 5.74) is 2.86. The van der Waals surface area contributed by atoms with E-state index in [0.717, 1.165) is 5.56 Å². The third kappa shape index (κ3) is 5.04. The van der Waals surface area contributed by atoms with Gasteiger partial charge in [0.25, 0.3) is 0 Å². The summed E-state index contributed by atoms with van der Waals surface area (Å²) in [6.45, 7) is 12.2. The fourth-order valence-electron chi connectivity index (χ4n) is 6.50. The lowest BCUT2D eigenvalue weighted by Gasteiger charge is -2.43. The summed E-state index contributed by atoms with van der Waals surface area (Å²) in [4.78, 5) is 44.1. The number of hydrogen-bond donors (Lipinski definition) is 1. The van der Waals surface area contributed by atoms with Crippen molar-refractivity contribution in [1.82, 2.24) is 4.98 Å². The van der Waals surface area contributed by atoms with Gasteiger partial charge in [-0.3, -0.25) is 9.59 Å². The number of nitrogens with zero attached hydrogens (tertiary/aromatic N) is 1. The maximum atomic E-state index is 13.8. The highest BCUT2D eigenvalue weighted by atomic mass is 16.5. The molecule has 0 amide bonds. The number of ether oxygens (including phenoxy) is 3. The quantitative estimate of drug-likeness (QED) is 0.423. The maximum absolute atomic E-state index is 13.8. The monoisotopic (exact) mass is 559 g/mol. The normalized spacial score (nSPS) is 19.9. The summed E-state index contributed by atoms with van der Waals surface area (Å²) in [6, 6.07) is 6.94. The van der Waals surface area contributed by atoms with Gasteiger partial charge in [0.15, 0.2) is 23.0 Å². The van der Waals surface area contributed by atoms with Crippen molar-refractivity contribution in [2.45, 2.75) is 73.1 Å². The topological polar surface area (TPSA) is 112 Å². The van der Waals surface area contributed by atoms with Gasteiger partial charge >= 0.3 is 5.97 Å². The van der Waals surface area contributed by atoms with E-state index in [1.54, 1.807) is 32.2 Å². The second-order valence-electron chi connectivity index (χ2n) is 12.7. The van der Waals surface area contributed by atoms with Crippen LogP contribution in [0.1, 0.15) is 87.8 Å². The molecule has 0 unspecified atom stereocenters. The van der Waals surface area contributed by atoms with Gasteiger partial charge in [0, 0.05) is 48.0 Å². The number of allylic oxidation sites excluding steroid dienone is 4. The van der Waals surface area contributed by atoms with Crippen LogP contribution in [0.25, 0.3) is 11.3 Å². The first-order valence-electron chi connectivity index (χ1n) is 14.0. The van der Waals surface area contributed by atoms with E-state index >= 15 is 0 Å². The molecule has 2 heterocycles. The summed E-state index contributed by atoms with van der Waals surface area (Å²) < 4.78 is 17.8. The van der Waals surface area contributed by atoms with Crippen LogP contribution < -0.4 is 9.47 Å². The molecule has 1 aliphatic heterocycles. The number of aromatic carboxylic acids is 1. The van der Waals surface area contributed by atoms with Crippen LogP contribution in [0.4, 0.5) is 0 Å². The van der Waals surface area contributed by atoms with Gasteiger partial charge in [0.2, 0.25) is 0 Å². The highest BCUT2D eigenvalue weighted by molar-refractivity contribution is 6.06. The van der Waals surface area contributed by atoms with E-state index in [0.29, 0.717) is 77.5 Å². The number of carboxylic acids is 1. The fourth-order valence-corrected chi connectivity index (χ4v) is 6.50. The van der Waals surface area contributed by atoms with Gasteiger partial charge in [-0.15, -0.1) is 0 Å². The number of benzene rings is 1. The van der Waals surface area contributed by atoms with Crippen LogP contribution in [-0.4, -0.2) is 41.3 Å². The molecule has 2 aromatic rings. The van der Waals surface area contributed by atoms with E-state index in [1.807, 2.05) is 13.0 Å². The van der Waals surface area contributed by atoms with E-state index in [4.69, 9.17) is 14.2 Å². The Morgan fingerprint density at radius 1 is 0.951 bits per heavy atom. The van der Waals surface area contributed by atoms with Gasteiger partial charge < -0.3 is 19.3 Å². The number of Topliss-reactive ketones (excluding diaryl/α,β-unsaturated/α-hetero) is 2. The lowest BCUT2D eigenvalue weighted by molar-refractivity contribution is -0.120. The molecule has 0 radical (unpaired) electrons. The number of carbonyl (C=O) groups excluding carboxylic acids is 2. The molecule has 216 valence electrons. The zero-order valence-electron chi connectivity index (χ0n) is 24.8. The molecule has 0 atom stereocenters. The maximum Gasteiger partial charge on any atom is 0.358 e. The smallest absolute Gasteiger partial charge is 0.358 e. The van der Waals surface area contributed by atoms with Gasteiger partial charge in [0.1, 0.15) is 17.3 Å². The Morgan fingerprint density at radius 3 is 2.02 bits per heavy atom. The number of carbonyl (C=O) groups is 3. The van der Waals surface area contributed by atoms with Crippen molar-refractivity contribution in [3.8, 4) is 22.8 Å². The SMILES string of the molecule is CCOc1ccc(-c2ccc(OC)c(C3C4=C(CC(C)(C)CC4=O)OC4=C3C(=O)CC(C)(C)C4)c2C)nc1C(=O)O. The van der Waals surface area contributed by atoms with Crippen LogP contribution in [0.15, 0.2) is 46.9 Å². The van der Waals surface area contributed by atoms with Crippen molar-refractivity contribution in [3.63, 3.8) is 0 Å². The van der Waals surface area contributed by atoms with E-state index < -0.39 is 11.9 Å². The second kappa shape index (κ2) is 10.2. The zero-order chi connectivity index (χ0) is 29.9.